The van der Waals surface area contributed by atoms with E-state index >= 15 is 0 Å². The van der Waals surface area contributed by atoms with Crippen LogP contribution in [0.5, 0.6) is 5.75 Å². The summed E-state index contributed by atoms with van der Waals surface area (Å²) in [5.74, 6) is 1.63. The minimum atomic E-state index is 0.0358. The van der Waals surface area contributed by atoms with E-state index in [1.165, 1.54) is 0 Å². The molecule has 0 aliphatic rings. The molecule has 5 nitrogen and oxygen atoms in total. The van der Waals surface area contributed by atoms with Crippen LogP contribution in [0.2, 0.25) is 0 Å². The minimum Gasteiger partial charge on any atom is -0.497 e. The van der Waals surface area contributed by atoms with Gasteiger partial charge in [-0.05, 0) is 42.8 Å². The van der Waals surface area contributed by atoms with E-state index in [1.807, 2.05) is 48.5 Å². The van der Waals surface area contributed by atoms with Crippen molar-refractivity contribution >= 4 is 22.8 Å². The van der Waals surface area contributed by atoms with Crippen LogP contribution in [-0.4, -0.2) is 31.7 Å². The molecule has 140 valence electrons. The maximum Gasteiger partial charge on any atom is 0.191 e. The number of anilines is 1. The number of nitrogens with one attached hydrogen (secondary N) is 3. The number of para-hydroxylation sites is 1. The number of aromatic nitrogens is 1. The molecule has 1 aromatic heterocycles. The number of ether oxygens (including phenoxy) is 1. The van der Waals surface area contributed by atoms with Gasteiger partial charge in [0.15, 0.2) is 5.43 Å². The molecule has 0 spiro atoms. The van der Waals surface area contributed by atoms with E-state index in [0.29, 0.717) is 5.39 Å². The van der Waals surface area contributed by atoms with E-state index in [4.69, 9.17) is 4.74 Å². The second-order valence-corrected chi connectivity index (χ2v) is 6.25. The molecule has 0 saturated heterocycles. The smallest absolute Gasteiger partial charge is 0.191 e. The summed E-state index contributed by atoms with van der Waals surface area (Å²) in [6, 6.07) is 17.1. The van der Waals surface area contributed by atoms with E-state index in [9.17, 15) is 4.79 Å². The molecule has 0 atom stereocenters. The van der Waals surface area contributed by atoms with Gasteiger partial charge in [-0.15, -0.1) is 0 Å². The van der Waals surface area contributed by atoms with Gasteiger partial charge in [-0.25, -0.2) is 0 Å². The van der Waals surface area contributed by atoms with Crippen molar-refractivity contribution in [2.45, 2.75) is 6.42 Å². The standard InChI is InChI=1S/C22H25N3O2/c1-27-18-11-9-17(10-12-18)6-4-13-23-14-5-15-24-22-16-21(26)19-7-2-3-8-20(19)25-22/h2-4,6-12,16,23H,5,13-15H2,1H3,(H2,24,25,26)/b6-4+. The molecule has 0 aliphatic carbocycles. The van der Waals surface area contributed by atoms with Crippen LogP contribution in [-0.2, 0) is 0 Å². The molecule has 3 aromatic rings. The third-order valence-electron chi connectivity index (χ3n) is 4.27. The van der Waals surface area contributed by atoms with Gasteiger partial charge < -0.3 is 20.4 Å². The second-order valence-electron chi connectivity index (χ2n) is 6.25. The highest BCUT2D eigenvalue weighted by Gasteiger charge is 2.00. The van der Waals surface area contributed by atoms with Gasteiger partial charge >= 0.3 is 0 Å². The molecule has 27 heavy (non-hydrogen) atoms. The van der Waals surface area contributed by atoms with Crippen molar-refractivity contribution in [3.8, 4) is 5.75 Å². The first-order valence-corrected chi connectivity index (χ1v) is 9.13. The predicted octanol–water partition coefficient (Wildman–Crippen LogP) is 3.64. The highest BCUT2D eigenvalue weighted by molar-refractivity contribution is 5.79. The summed E-state index contributed by atoms with van der Waals surface area (Å²) in [7, 11) is 1.67. The van der Waals surface area contributed by atoms with Gasteiger partial charge in [0.25, 0.3) is 0 Å². The number of benzene rings is 2. The molecule has 2 aromatic carbocycles. The zero-order valence-corrected chi connectivity index (χ0v) is 15.5. The van der Waals surface area contributed by atoms with Crippen molar-refractivity contribution in [1.29, 1.82) is 0 Å². The predicted molar refractivity (Wildman–Crippen MR) is 113 cm³/mol. The quantitative estimate of drug-likeness (QED) is 0.508. The first-order chi connectivity index (χ1) is 13.3. The lowest BCUT2D eigenvalue weighted by atomic mass is 10.2. The van der Waals surface area contributed by atoms with E-state index in [2.05, 4.69) is 27.8 Å². The van der Waals surface area contributed by atoms with Gasteiger partial charge in [0.2, 0.25) is 0 Å². The fourth-order valence-electron chi connectivity index (χ4n) is 2.82. The third kappa shape index (κ3) is 5.46. The Hall–Kier alpha value is -3.05. The number of H-pyrrole nitrogens is 1. The summed E-state index contributed by atoms with van der Waals surface area (Å²) in [5.41, 5.74) is 2.04. The molecule has 3 rings (SSSR count). The van der Waals surface area contributed by atoms with Crippen LogP contribution in [0.1, 0.15) is 12.0 Å². The van der Waals surface area contributed by atoms with Crippen molar-refractivity contribution in [3.05, 3.63) is 76.5 Å². The number of hydrogen-bond donors (Lipinski definition) is 3. The fraction of sp³-hybridized carbons (Fsp3) is 0.227. The van der Waals surface area contributed by atoms with Crippen molar-refractivity contribution in [2.24, 2.45) is 0 Å². The Kier molecular flexibility index (Phi) is 6.66. The zero-order chi connectivity index (χ0) is 18.9. The molecule has 1 heterocycles. The molecule has 0 bridgehead atoms. The van der Waals surface area contributed by atoms with Crippen molar-refractivity contribution < 1.29 is 4.74 Å². The Morgan fingerprint density at radius 1 is 1.07 bits per heavy atom. The Labute approximate surface area is 159 Å². The third-order valence-corrected chi connectivity index (χ3v) is 4.27. The summed E-state index contributed by atoms with van der Waals surface area (Å²) in [6.45, 7) is 2.51. The van der Waals surface area contributed by atoms with Crippen LogP contribution >= 0.6 is 0 Å². The van der Waals surface area contributed by atoms with Gasteiger partial charge in [0.1, 0.15) is 11.6 Å². The van der Waals surface area contributed by atoms with Crippen LogP contribution < -0.4 is 20.8 Å². The monoisotopic (exact) mass is 363 g/mol. The Balaban J connectivity index is 1.36. The normalized spacial score (nSPS) is 11.1. The summed E-state index contributed by atoms with van der Waals surface area (Å²) in [6.07, 6.45) is 5.16. The first kappa shape index (κ1) is 18.7. The zero-order valence-electron chi connectivity index (χ0n) is 15.5. The molecular weight excluding hydrogens is 338 g/mol. The van der Waals surface area contributed by atoms with E-state index in [1.54, 1.807) is 13.2 Å². The van der Waals surface area contributed by atoms with E-state index < -0.39 is 0 Å². The first-order valence-electron chi connectivity index (χ1n) is 9.13. The fourth-order valence-corrected chi connectivity index (χ4v) is 2.82. The molecule has 5 heteroatoms. The average molecular weight is 363 g/mol. The van der Waals surface area contributed by atoms with Crippen LogP contribution in [0.15, 0.2) is 65.5 Å². The van der Waals surface area contributed by atoms with Gasteiger partial charge in [-0.2, -0.15) is 0 Å². The topological polar surface area (TPSA) is 66.2 Å². The number of aromatic amines is 1. The highest BCUT2D eigenvalue weighted by atomic mass is 16.5. The SMILES string of the molecule is COc1ccc(/C=C/CNCCCNc2cc(=O)c3ccccc3[nH]2)cc1. The minimum absolute atomic E-state index is 0.0358. The Morgan fingerprint density at radius 3 is 2.70 bits per heavy atom. The van der Waals surface area contributed by atoms with Crippen molar-refractivity contribution in [2.75, 3.05) is 32.1 Å². The summed E-state index contributed by atoms with van der Waals surface area (Å²) < 4.78 is 5.15. The van der Waals surface area contributed by atoms with Gasteiger partial charge in [0, 0.05) is 24.5 Å². The number of methoxy groups -OCH3 is 1. The van der Waals surface area contributed by atoms with E-state index in [-0.39, 0.29) is 5.43 Å². The van der Waals surface area contributed by atoms with Crippen molar-refractivity contribution in [1.82, 2.24) is 10.3 Å². The number of pyridine rings is 1. The largest absolute Gasteiger partial charge is 0.497 e. The second kappa shape index (κ2) is 9.59. The maximum absolute atomic E-state index is 12.1. The summed E-state index contributed by atoms with van der Waals surface area (Å²) in [5, 5.41) is 7.38. The molecule has 0 fully saturated rings. The Morgan fingerprint density at radius 2 is 1.89 bits per heavy atom. The van der Waals surface area contributed by atoms with Gasteiger partial charge in [0.05, 0.1) is 12.6 Å². The van der Waals surface area contributed by atoms with Crippen LogP contribution in [0.3, 0.4) is 0 Å². The van der Waals surface area contributed by atoms with Crippen LogP contribution in [0.25, 0.3) is 17.0 Å². The molecule has 0 amide bonds. The molecule has 3 N–H and O–H groups in total. The summed E-state index contributed by atoms with van der Waals surface area (Å²) >= 11 is 0. The Bertz CT molecular complexity index is 946. The maximum atomic E-state index is 12.1. The lowest BCUT2D eigenvalue weighted by Gasteiger charge is -2.08. The lowest BCUT2D eigenvalue weighted by Crippen LogP contribution is -2.18. The number of fused-ring (bicyclic) bond motifs is 1. The highest BCUT2D eigenvalue weighted by Crippen LogP contribution is 2.12. The van der Waals surface area contributed by atoms with Gasteiger partial charge in [-0.3, -0.25) is 4.79 Å². The summed E-state index contributed by atoms with van der Waals surface area (Å²) in [4.78, 5) is 15.3. The number of hydrogen-bond acceptors (Lipinski definition) is 4. The van der Waals surface area contributed by atoms with Crippen LogP contribution in [0, 0.1) is 0 Å². The average Bonchev–Trinajstić information content (AvgIpc) is 2.70. The molecular formula is C22H25N3O2. The lowest BCUT2D eigenvalue weighted by molar-refractivity contribution is 0.415. The van der Waals surface area contributed by atoms with Crippen LogP contribution in [0.4, 0.5) is 5.82 Å². The molecule has 0 radical (unpaired) electrons. The van der Waals surface area contributed by atoms with Crippen molar-refractivity contribution in [3.63, 3.8) is 0 Å². The molecule has 0 aliphatic heterocycles. The number of rotatable bonds is 9. The molecule has 0 saturated carbocycles. The van der Waals surface area contributed by atoms with Gasteiger partial charge in [-0.1, -0.05) is 36.4 Å². The molecule has 0 unspecified atom stereocenters. The van der Waals surface area contributed by atoms with E-state index in [0.717, 1.165) is 48.7 Å².